The van der Waals surface area contributed by atoms with Gasteiger partial charge in [0.1, 0.15) is 0 Å². The maximum absolute atomic E-state index is 5.71. The summed E-state index contributed by atoms with van der Waals surface area (Å²) < 4.78 is 0. The van der Waals surface area contributed by atoms with Crippen LogP contribution in [0.5, 0.6) is 0 Å². The molecular formula is C20H15N2S3-. The lowest BCUT2D eigenvalue weighted by atomic mass is 10.2. The predicted molar refractivity (Wildman–Crippen MR) is 110 cm³/mol. The molecule has 0 aliphatic rings. The fourth-order valence-corrected chi connectivity index (χ4v) is 5.07. The molecule has 124 valence electrons. The Hall–Kier alpha value is -1.82. The Morgan fingerprint density at radius 3 is 2.16 bits per heavy atom. The summed E-state index contributed by atoms with van der Waals surface area (Å²) in [5.41, 5.74) is 1.97. The standard InChI is InChI=1S/C20H16N2S3/c1-2-24-20-14-8-4-6-10-16(14)22-12-18(20)25-17-11-21-15-9-5-3-7-13(15)19(17)23/h3-12H,2H2,1H3,(H,21,23)/p-1. The number of fused-ring (bicyclic) bond motifs is 2. The van der Waals surface area contributed by atoms with Crippen molar-refractivity contribution < 1.29 is 0 Å². The largest absolute Gasteiger partial charge is 0.778 e. The van der Waals surface area contributed by atoms with Crippen LogP contribution >= 0.6 is 23.5 Å². The van der Waals surface area contributed by atoms with E-state index in [0.29, 0.717) is 0 Å². The second kappa shape index (κ2) is 7.20. The monoisotopic (exact) mass is 379 g/mol. The van der Waals surface area contributed by atoms with Crippen molar-refractivity contribution in [3.05, 3.63) is 60.9 Å². The molecule has 2 nitrogen and oxygen atoms in total. The number of benzene rings is 2. The van der Waals surface area contributed by atoms with Gasteiger partial charge < -0.3 is 12.6 Å². The predicted octanol–water partition coefficient (Wildman–Crippen LogP) is 5.95. The average Bonchev–Trinajstić information content (AvgIpc) is 2.66. The first-order valence-electron chi connectivity index (χ1n) is 8.01. The number of hydrogen-bond donors (Lipinski definition) is 0. The molecule has 0 aliphatic heterocycles. The Labute approximate surface area is 160 Å². The third-order valence-electron chi connectivity index (χ3n) is 3.90. The lowest BCUT2D eigenvalue weighted by Crippen LogP contribution is -1.90. The van der Waals surface area contributed by atoms with Crippen molar-refractivity contribution in [3.63, 3.8) is 0 Å². The molecule has 0 fully saturated rings. The van der Waals surface area contributed by atoms with Crippen molar-refractivity contribution >= 4 is 58.0 Å². The van der Waals surface area contributed by atoms with Gasteiger partial charge in [0.05, 0.1) is 11.0 Å². The van der Waals surface area contributed by atoms with Gasteiger partial charge in [-0.25, -0.2) is 0 Å². The van der Waals surface area contributed by atoms with E-state index in [2.05, 4.69) is 35.1 Å². The van der Waals surface area contributed by atoms with Crippen LogP contribution in [0.15, 0.2) is 80.5 Å². The summed E-state index contributed by atoms with van der Waals surface area (Å²) in [7, 11) is 0. The van der Waals surface area contributed by atoms with E-state index in [1.807, 2.05) is 54.5 Å². The molecule has 2 aromatic carbocycles. The highest BCUT2D eigenvalue weighted by molar-refractivity contribution is 8.02. The molecule has 4 aromatic rings. The Morgan fingerprint density at radius 2 is 1.44 bits per heavy atom. The van der Waals surface area contributed by atoms with Crippen LogP contribution in [0.3, 0.4) is 0 Å². The molecule has 0 atom stereocenters. The fourth-order valence-electron chi connectivity index (χ4n) is 2.75. The third-order valence-corrected chi connectivity index (χ3v) is 6.67. The van der Waals surface area contributed by atoms with Crippen molar-refractivity contribution in [2.24, 2.45) is 0 Å². The minimum Gasteiger partial charge on any atom is -0.778 e. The van der Waals surface area contributed by atoms with Gasteiger partial charge in [-0.1, -0.05) is 55.1 Å². The maximum Gasteiger partial charge on any atom is 0.0714 e. The number of pyridine rings is 2. The summed E-state index contributed by atoms with van der Waals surface area (Å²) in [5.74, 6) is 1.01. The van der Waals surface area contributed by atoms with Gasteiger partial charge in [-0.05, 0) is 23.3 Å². The Bertz CT molecular complexity index is 1060. The van der Waals surface area contributed by atoms with E-state index in [-0.39, 0.29) is 0 Å². The molecule has 0 N–H and O–H groups in total. The molecule has 2 heterocycles. The second-order valence-electron chi connectivity index (χ2n) is 5.47. The van der Waals surface area contributed by atoms with Crippen LogP contribution in [0.2, 0.25) is 0 Å². The van der Waals surface area contributed by atoms with Gasteiger partial charge in [-0.3, -0.25) is 9.97 Å². The molecule has 0 aliphatic carbocycles. The molecule has 0 saturated carbocycles. The van der Waals surface area contributed by atoms with Crippen LogP contribution in [0.4, 0.5) is 0 Å². The fraction of sp³-hybridized carbons (Fsp3) is 0.100. The maximum atomic E-state index is 5.71. The van der Waals surface area contributed by atoms with E-state index >= 15 is 0 Å². The average molecular weight is 380 g/mol. The molecule has 25 heavy (non-hydrogen) atoms. The van der Waals surface area contributed by atoms with Gasteiger partial charge in [-0.15, -0.1) is 11.8 Å². The summed E-state index contributed by atoms with van der Waals surface area (Å²) in [6.45, 7) is 2.17. The molecule has 0 saturated heterocycles. The molecular weight excluding hydrogens is 364 g/mol. The van der Waals surface area contributed by atoms with Crippen LogP contribution in [-0.4, -0.2) is 15.7 Å². The number of hydrogen-bond acceptors (Lipinski definition) is 5. The van der Waals surface area contributed by atoms with E-state index in [4.69, 9.17) is 12.6 Å². The zero-order valence-corrected chi connectivity index (χ0v) is 16.0. The van der Waals surface area contributed by atoms with Crippen molar-refractivity contribution in [3.8, 4) is 0 Å². The van der Waals surface area contributed by atoms with Crippen LogP contribution in [0.25, 0.3) is 21.8 Å². The molecule has 0 amide bonds. The quantitative estimate of drug-likeness (QED) is 0.322. The summed E-state index contributed by atoms with van der Waals surface area (Å²) in [6.07, 6.45) is 3.83. The number of thioether (sulfide) groups is 1. The first-order chi connectivity index (χ1) is 12.3. The van der Waals surface area contributed by atoms with Crippen LogP contribution < -0.4 is 0 Å². The number of aromatic nitrogens is 2. The highest BCUT2D eigenvalue weighted by Gasteiger charge is 2.11. The molecule has 4 rings (SSSR count). The lowest BCUT2D eigenvalue weighted by Gasteiger charge is -2.18. The van der Waals surface area contributed by atoms with E-state index in [1.54, 1.807) is 11.8 Å². The van der Waals surface area contributed by atoms with Gasteiger partial charge in [0.15, 0.2) is 0 Å². The summed E-state index contributed by atoms with van der Waals surface area (Å²) in [5, 5.41) is 2.22. The smallest absolute Gasteiger partial charge is 0.0714 e. The Morgan fingerprint density at radius 1 is 0.840 bits per heavy atom. The highest BCUT2D eigenvalue weighted by Crippen LogP contribution is 2.41. The number of rotatable bonds is 4. The van der Waals surface area contributed by atoms with Crippen LogP contribution in [-0.2, 0) is 12.6 Å². The third kappa shape index (κ3) is 3.19. The summed E-state index contributed by atoms with van der Waals surface area (Å²) in [6, 6.07) is 16.3. The van der Waals surface area contributed by atoms with Gasteiger partial charge in [0, 0.05) is 32.5 Å². The van der Waals surface area contributed by atoms with Crippen molar-refractivity contribution in [2.45, 2.75) is 26.5 Å². The zero-order chi connectivity index (χ0) is 17.2. The molecule has 5 heteroatoms. The molecule has 0 spiro atoms. The summed E-state index contributed by atoms with van der Waals surface area (Å²) in [4.78, 5) is 13.4. The highest BCUT2D eigenvalue weighted by atomic mass is 32.2. The van der Waals surface area contributed by atoms with Crippen LogP contribution in [0, 0.1) is 0 Å². The molecule has 2 aromatic heterocycles. The molecule has 0 bridgehead atoms. The van der Waals surface area contributed by atoms with E-state index in [9.17, 15) is 0 Å². The molecule has 0 unspecified atom stereocenters. The Kier molecular flexibility index (Phi) is 4.79. The first-order valence-corrected chi connectivity index (χ1v) is 10.2. The van der Waals surface area contributed by atoms with E-state index in [0.717, 1.165) is 36.9 Å². The first kappa shape index (κ1) is 16.6. The topological polar surface area (TPSA) is 25.8 Å². The normalized spacial score (nSPS) is 11.2. The van der Waals surface area contributed by atoms with Crippen molar-refractivity contribution in [2.75, 3.05) is 5.75 Å². The van der Waals surface area contributed by atoms with E-state index < -0.39 is 0 Å². The SMILES string of the molecule is CCSc1c(Sc2cnc3ccccc3c2[S-])cnc2ccccc12. The number of para-hydroxylation sites is 2. The van der Waals surface area contributed by atoms with E-state index in [1.165, 1.54) is 10.3 Å². The zero-order valence-electron chi connectivity index (χ0n) is 13.6. The van der Waals surface area contributed by atoms with Gasteiger partial charge in [0.2, 0.25) is 0 Å². The second-order valence-corrected chi connectivity index (χ2v) is 8.24. The number of nitrogens with zero attached hydrogens (tertiary/aromatic N) is 2. The van der Waals surface area contributed by atoms with Gasteiger partial charge in [0.25, 0.3) is 0 Å². The van der Waals surface area contributed by atoms with Crippen molar-refractivity contribution in [1.82, 2.24) is 9.97 Å². The Balaban J connectivity index is 1.83. The molecule has 0 radical (unpaired) electrons. The summed E-state index contributed by atoms with van der Waals surface area (Å²) >= 11 is 9.21. The van der Waals surface area contributed by atoms with Gasteiger partial charge >= 0.3 is 0 Å². The van der Waals surface area contributed by atoms with Crippen molar-refractivity contribution in [1.29, 1.82) is 0 Å². The minimum atomic E-state index is 0.858. The van der Waals surface area contributed by atoms with Crippen LogP contribution in [0.1, 0.15) is 6.92 Å². The minimum absolute atomic E-state index is 0.858. The van der Waals surface area contributed by atoms with Gasteiger partial charge in [-0.2, -0.15) is 4.90 Å². The lowest BCUT2D eigenvalue weighted by molar-refractivity contribution is 1.16.